The minimum atomic E-state index is 1.27. The van der Waals surface area contributed by atoms with Gasteiger partial charge in [-0.25, -0.2) is 5.26 Å². The minimum absolute atomic E-state index is 1.27. The summed E-state index contributed by atoms with van der Waals surface area (Å²) in [5.41, 5.74) is 0. The summed E-state index contributed by atoms with van der Waals surface area (Å²) < 4.78 is 5.93. The molecule has 0 aliphatic rings. The second kappa shape index (κ2) is 3.50. The molecule has 5 heavy (non-hydrogen) atoms. The van der Waals surface area contributed by atoms with Crippen LogP contribution in [0.2, 0.25) is 0 Å². The van der Waals surface area contributed by atoms with Crippen LogP contribution in [0.15, 0.2) is 12.3 Å². The fourth-order valence-corrected chi connectivity index (χ4v) is 0.0556. The van der Waals surface area contributed by atoms with Crippen LogP contribution >= 0.6 is 0 Å². The van der Waals surface area contributed by atoms with Gasteiger partial charge in [-0.1, -0.05) is 0 Å². The summed E-state index contributed by atoms with van der Waals surface area (Å²) in [6, 6.07) is 0. The van der Waals surface area contributed by atoms with Crippen LogP contribution in [0, 0.1) is 0 Å². The van der Waals surface area contributed by atoms with Crippen molar-refractivity contribution in [1.82, 2.24) is 0 Å². The third-order valence-electron chi connectivity index (χ3n) is 0.192. The summed E-state index contributed by atoms with van der Waals surface area (Å²) in [5, 5.41) is 3.45. The molecule has 0 amide bonds. The average molecular weight is 75.1 g/mol. The van der Waals surface area contributed by atoms with Gasteiger partial charge in [-0.05, 0) is 13.0 Å². The Morgan fingerprint density at radius 3 is 3.20 bits per heavy atom. The van der Waals surface area contributed by atoms with Gasteiger partial charge in [0.2, 0.25) is 0 Å². The Bertz CT molecular complexity index is 44.1. The summed E-state index contributed by atoms with van der Waals surface area (Å²) in [5.74, 6) is 0. The standard InChI is InChI=1S/C3H6O2/c1-2-3-5-4/h2-4H,1H3/b3-2+/i/hD. The van der Waals surface area contributed by atoms with E-state index in [2.05, 4.69) is 10.1 Å². The maximum Gasteiger partial charge on any atom is 0.270 e. The van der Waals surface area contributed by atoms with Gasteiger partial charge in [-0.15, -0.1) is 0 Å². The Labute approximate surface area is 32.1 Å². The third-order valence-corrected chi connectivity index (χ3v) is 0.192. The van der Waals surface area contributed by atoms with E-state index >= 15 is 0 Å². The van der Waals surface area contributed by atoms with E-state index in [4.69, 9.17) is 1.43 Å². The number of allylic oxidation sites excluding steroid dienone is 1. The maximum absolute atomic E-state index is 5.93. The van der Waals surface area contributed by atoms with Crippen LogP contribution in [-0.4, -0.2) is 5.26 Å². The molecule has 0 saturated carbocycles. The summed E-state index contributed by atoms with van der Waals surface area (Å²) in [7, 11) is 0. The summed E-state index contributed by atoms with van der Waals surface area (Å²) >= 11 is 0. The van der Waals surface area contributed by atoms with Crippen molar-refractivity contribution in [2.45, 2.75) is 6.92 Å². The quantitative estimate of drug-likeness (QED) is 0.301. The topological polar surface area (TPSA) is 29.5 Å². The molecule has 0 fully saturated rings. The average Bonchev–Trinajstić information content (AvgIpc) is 1.61. The second-order valence-corrected chi connectivity index (χ2v) is 0.566. The highest BCUT2D eigenvalue weighted by molar-refractivity contribution is 4.62. The predicted molar refractivity (Wildman–Crippen MR) is 18.5 cm³/mol. The number of rotatable bonds is 2. The minimum Gasteiger partial charge on any atom is -0.349 e. The van der Waals surface area contributed by atoms with Crippen molar-refractivity contribution in [2.24, 2.45) is 0 Å². The number of hydrogen-bond acceptors (Lipinski definition) is 2. The molecule has 0 heterocycles. The lowest BCUT2D eigenvalue weighted by Gasteiger charge is -1.73. The van der Waals surface area contributed by atoms with Crippen molar-refractivity contribution in [3.05, 3.63) is 12.3 Å². The van der Waals surface area contributed by atoms with Gasteiger partial charge in [0, 0.05) is 0 Å². The molecule has 0 bridgehead atoms. The van der Waals surface area contributed by atoms with Gasteiger partial charge in [0.1, 0.15) is 6.26 Å². The smallest absolute Gasteiger partial charge is 0.270 e. The molecule has 2 nitrogen and oxygen atoms in total. The molecule has 0 aliphatic carbocycles. The van der Waals surface area contributed by atoms with Gasteiger partial charge in [0.15, 0.2) is 0 Å². The van der Waals surface area contributed by atoms with E-state index in [9.17, 15) is 0 Å². The van der Waals surface area contributed by atoms with Crippen molar-refractivity contribution in [3.63, 3.8) is 0 Å². The van der Waals surface area contributed by atoms with Crippen LogP contribution in [0.25, 0.3) is 1.43 Å². The van der Waals surface area contributed by atoms with Gasteiger partial charge >= 0.3 is 0 Å². The molecule has 1 N–H and O–H groups in total. The lowest BCUT2D eigenvalue weighted by atomic mass is 10.7. The molecule has 0 aromatic heterocycles. The van der Waals surface area contributed by atoms with Crippen LogP contribution in [0.5, 0.6) is 0 Å². The first kappa shape index (κ1) is 2.72. The van der Waals surface area contributed by atoms with Gasteiger partial charge in [0.25, 0.3) is 1.43 Å². The Balaban J connectivity index is 2.66. The van der Waals surface area contributed by atoms with Crippen molar-refractivity contribution in [1.29, 1.82) is 1.43 Å². The molecule has 0 atom stereocenters. The summed E-state index contributed by atoms with van der Waals surface area (Å²) in [6.07, 6.45) is 2.89. The Morgan fingerprint density at radius 2 is 3.00 bits per heavy atom. The molecule has 0 aliphatic heterocycles. The highest BCUT2D eigenvalue weighted by Crippen LogP contribution is 1.63. The lowest BCUT2D eigenvalue weighted by molar-refractivity contribution is -0.186. The zero-order valence-electron chi connectivity index (χ0n) is 3.97. The predicted octanol–water partition coefficient (Wildman–Crippen LogP) is 1.01. The van der Waals surface area contributed by atoms with Crippen LogP contribution < -0.4 is 0 Å². The van der Waals surface area contributed by atoms with Crippen LogP contribution in [0.4, 0.5) is 0 Å². The number of hydrogen-bond donors (Lipinski definition) is 1. The van der Waals surface area contributed by atoms with Crippen LogP contribution in [-0.2, 0) is 4.89 Å². The van der Waals surface area contributed by atoms with Crippen LogP contribution in [0.1, 0.15) is 6.92 Å². The Morgan fingerprint density at radius 1 is 2.20 bits per heavy atom. The summed E-state index contributed by atoms with van der Waals surface area (Å²) in [6.45, 7) is 1.76. The van der Waals surface area contributed by atoms with Crippen molar-refractivity contribution in [2.75, 3.05) is 0 Å². The van der Waals surface area contributed by atoms with E-state index in [0.29, 0.717) is 0 Å². The van der Waals surface area contributed by atoms with E-state index in [1.165, 1.54) is 6.26 Å². The first-order valence-electron chi connectivity index (χ1n) is 1.72. The monoisotopic (exact) mass is 75.0 g/mol. The highest BCUT2D eigenvalue weighted by Gasteiger charge is 1.49. The van der Waals surface area contributed by atoms with E-state index in [1.54, 1.807) is 13.0 Å². The zero-order valence-corrected chi connectivity index (χ0v) is 2.97. The Hall–Kier alpha value is -0.500. The van der Waals surface area contributed by atoms with Gasteiger partial charge in [0.05, 0.1) is 0 Å². The molecular weight excluding hydrogens is 68.0 g/mol. The zero-order chi connectivity index (χ0) is 4.83. The molecule has 0 spiro atoms. The maximum atomic E-state index is 5.93. The molecule has 0 aromatic rings. The van der Waals surface area contributed by atoms with E-state index in [0.717, 1.165) is 0 Å². The highest BCUT2D eigenvalue weighted by atomic mass is 17.1. The molecule has 30 valence electrons. The van der Waals surface area contributed by atoms with E-state index < -0.39 is 0 Å². The molecular formula is C3H6O2. The normalized spacial score (nSPS) is 11.8. The lowest BCUT2D eigenvalue weighted by Crippen LogP contribution is -1.59. The third kappa shape index (κ3) is 3.50. The first-order chi connectivity index (χ1) is 2.91. The van der Waals surface area contributed by atoms with Gasteiger partial charge in [-0.3, -0.25) is 0 Å². The Kier molecular flexibility index (Phi) is 1.91. The molecule has 0 radical (unpaired) electrons. The second-order valence-electron chi connectivity index (χ2n) is 0.566. The van der Waals surface area contributed by atoms with Gasteiger partial charge < -0.3 is 4.89 Å². The van der Waals surface area contributed by atoms with Crippen molar-refractivity contribution in [3.8, 4) is 0 Å². The first-order valence-corrected chi connectivity index (χ1v) is 1.31. The fourth-order valence-electron chi connectivity index (χ4n) is 0.0556. The van der Waals surface area contributed by atoms with Crippen molar-refractivity contribution < 1.29 is 10.1 Å². The van der Waals surface area contributed by atoms with Crippen LogP contribution in [0.3, 0.4) is 0 Å². The van der Waals surface area contributed by atoms with Gasteiger partial charge in [-0.2, -0.15) is 0 Å². The van der Waals surface area contributed by atoms with Crippen molar-refractivity contribution >= 4 is 0 Å². The van der Waals surface area contributed by atoms with E-state index in [-0.39, 0.29) is 0 Å². The molecule has 0 saturated heterocycles. The fraction of sp³-hybridized carbons (Fsp3) is 0.333. The molecule has 2 heteroatoms. The molecule has 0 unspecified atom stereocenters. The SMILES string of the molecule is [2H]OO/C=C/C. The largest absolute Gasteiger partial charge is 0.349 e. The molecule has 0 rings (SSSR count). The van der Waals surface area contributed by atoms with E-state index in [1.807, 2.05) is 0 Å². The molecule has 0 aromatic carbocycles. The summed E-state index contributed by atoms with van der Waals surface area (Å²) in [4.78, 5) is 3.97.